The third-order valence-corrected chi connectivity index (χ3v) is 3.96. The molecule has 1 heterocycles. The van der Waals surface area contributed by atoms with Crippen LogP contribution in [0.4, 0.5) is 9.18 Å². The lowest BCUT2D eigenvalue weighted by Crippen LogP contribution is -2.48. The van der Waals surface area contributed by atoms with Gasteiger partial charge in [0.15, 0.2) is 0 Å². The topological polar surface area (TPSA) is 92.9 Å². The Hall–Kier alpha value is -2.31. The van der Waals surface area contributed by atoms with Crippen LogP contribution in [0.3, 0.4) is 0 Å². The van der Waals surface area contributed by atoms with E-state index in [1.54, 1.807) is 0 Å². The highest BCUT2D eigenvalue weighted by molar-refractivity contribution is 5.78. The van der Waals surface area contributed by atoms with E-state index in [0.717, 1.165) is 0 Å². The second-order valence-corrected chi connectivity index (χ2v) is 5.38. The molecule has 0 bridgehead atoms. The van der Waals surface area contributed by atoms with E-state index in [1.165, 1.54) is 29.2 Å². The summed E-state index contributed by atoms with van der Waals surface area (Å²) in [6, 6.07) is 5.70. The van der Waals surface area contributed by atoms with Crippen LogP contribution in [0.1, 0.15) is 12.8 Å². The van der Waals surface area contributed by atoms with Crippen molar-refractivity contribution in [2.75, 3.05) is 19.7 Å². The summed E-state index contributed by atoms with van der Waals surface area (Å²) < 4.78 is 18.3. The number of ether oxygens (including phenoxy) is 1. The molecule has 1 saturated heterocycles. The molecule has 1 fully saturated rings. The van der Waals surface area contributed by atoms with Crippen LogP contribution in [0, 0.1) is 17.7 Å². The number of carbonyl (C=O) groups excluding carboxylic acids is 1. The van der Waals surface area contributed by atoms with E-state index in [4.69, 9.17) is 15.6 Å². The van der Waals surface area contributed by atoms with Gasteiger partial charge in [-0.3, -0.25) is 4.79 Å². The molecule has 0 radical (unpaired) electrons. The van der Waals surface area contributed by atoms with Crippen LogP contribution in [0.5, 0.6) is 5.75 Å². The number of carboxylic acid groups (broad SMARTS) is 1. The first-order valence-electron chi connectivity index (χ1n) is 7.13. The second-order valence-electron chi connectivity index (χ2n) is 5.38. The summed E-state index contributed by atoms with van der Waals surface area (Å²) in [5.41, 5.74) is 5.38. The van der Waals surface area contributed by atoms with Gasteiger partial charge in [-0.15, -0.1) is 0 Å². The fraction of sp³-hybridized carbons (Fsp3) is 0.467. The van der Waals surface area contributed by atoms with Crippen LogP contribution in [0.2, 0.25) is 0 Å². The minimum atomic E-state index is -1.03. The molecule has 0 spiro atoms. The monoisotopic (exact) mass is 310 g/mol. The Kier molecular flexibility index (Phi) is 5.19. The fourth-order valence-corrected chi connectivity index (χ4v) is 2.70. The van der Waals surface area contributed by atoms with Crippen LogP contribution in [0.25, 0.3) is 0 Å². The molecule has 2 amide bonds. The molecule has 22 heavy (non-hydrogen) atoms. The normalized spacial score (nSPS) is 21.4. The fourth-order valence-electron chi connectivity index (χ4n) is 2.70. The Morgan fingerprint density at radius 2 is 2.05 bits per heavy atom. The van der Waals surface area contributed by atoms with Gasteiger partial charge < -0.3 is 20.5 Å². The summed E-state index contributed by atoms with van der Waals surface area (Å²) in [7, 11) is 0. The molecule has 0 saturated carbocycles. The van der Waals surface area contributed by atoms with Crippen LogP contribution in [0.15, 0.2) is 24.3 Å². The molecule has 2 atom stereocenters. The van der Waals surface area contributed by atoms with Crippen LogP contribution >= 0.6 is 0 Å². The lowest BCUT2D eigenvalue weighted by molar-refractivity contribution is -0.125. The molecule has 6 nitrogen and oxygen atoms in total. The van der Waals surface area contributed by atoms with Crippen molar-refractivity contribution in [3.8, 4) is 5.75 Å². The molecule has 1 aliphatic rings. The van der Waals surface area contributed by atoms with Crippen LogP contribution < -0.4 is 10.5 Å². The van der Waals surface area contributed by atoms with Crippen LogP contribution in [-0.4, -0.2) is 41.7 Å². The van der Waals surface area contributed by atoms with Crippen molar-refractivity contribution in [3.63, 3.8) is 0 Å². The van der Waals surface area contributed by atoms with E-state index >= 15 is 0 Å². The molecule has 7 heteroatoms. The SMILES string of the molecule is NC(=O)C1CN(C(=O)O)CCC1CCOc1ccc(F)cc1. The Labute approximate surface area is 127 Å². The summed E-state index contributed by atoms with van der Waals surface area (Å²) >= 11 is 0. The zero-order valence-corrected chi connectivity index (χ0v) is 12.1. The highest BCUT2D eigenvalue weighted by Crippen LogP contribution is 2.27. The van der Waals surface area contributed by atoms with E-state index in [-0.39, 0.29) is 18.3 Å². The standard InChI is InChI=1S/C15H19FN2O4/c16-11-1-3-12(4-2-11)22-8-6-10-5-7-18(15(20)21)9-13(10)14(17)19/h1-4,10,13H,5-9H2,(H2,17,19)(H,20,21). The largest absolute Gasteiger partial charge is 0.494 e. The smallest absolute Gasteiger partial charge is 0.407 e. The predicted octanol–water partition coefficient (Wildman–Crippen LogP) is 1.70. The molecule has 0 aromatic heterocycles. The van der Waals surface area contributed by atoms with Crippen molar-refractivity contribution < 1.29 is 23.8 Å². The number of rotatable bonds is 5. The minimum absolute atomic E-state index is 0.00597. The summed E-state index contributed by atoms with van der Waals surface area (Å²) in [6.07, 6.45) is 0.137. The Morgan fingerprint density at radius 1 is 1.36 bits per heavy atom. The Balaban J connectivity index is 1.86. The van der Waals surface area contributed by atoms with Gasteiger partial charge in [-0.2, -0.15) is 0 Å². The van der Waals surface area contributed by atoms with E-state index < -0.39 is 17.9 Å². The van der Waals surface area contributed by atoms with Crippen molar-refractivity contribution in [2.24, 2.45) is 17.6 Å². The summed E-state index contributed by atoms with van der Waals surface area (Å²) in [5, 5.41) is 8.99. The summed E-state index contributed by atoms with van der Waals surface area (Å²) in [6.45, 7) is 0.888. The summed E-state index contributed by atoms with van der Waals surface area (Å²) in [4.78, 5) is 23.7. The van der Waals surface area contributed by atoms with Gasteiger partial charge in [0.25, 0.3) is 0 Å². The quantitative estimate of drug-likeness (QED) is 0.865. The number of likely N-dealkylation sites (tertiary alicyclic amines) is 1. The molecular weight excluding hydrogens is 291 g/mol. The zero-order chi connectivity index (χ0) is 16.1. The average Bonchev–Trinajstić information content (AvgIpc) is 2.49. The second kappa shape index (κ2) is 7.11. The number of nitrogens with zero attached hydrogens (tertiary/aromatic N) is 1. The molecule has 1 aliphatic heterocycles. The number of halogens is 1. The Bertz CT molecular complexity index is 535. The number of hydrogen-bond acceptors (Lipinski definition) is 3. The van der Waals surface area contributed by atoms with Gasteiger partial charge in [0.2, 0.25) is 5.91 Å². The van der Waals surface area contributed by atoms with Gasteiger partial charge >= 0.3 is 6.09 Å². The molecular formula is C15H19FN2O4. The van der Waals surface area contributed by atoms with Crippen molar-refractivity contribution in [1.82, 2.24) is 4.90 Å². The zero-order valence-electron chi connectivity index (χ0n) is 12.1. The third kappa shape index (κ3) is 4.09. The first-order valence-corrected chi connectivity index (χ1v) is 7.13. The molecule has 2 rings (SSSR count). The first kappa shape index (κ1) is 16.1. The number of hydrogen-bond donors (Lipinski definition) is 2. The Morgan fingerprint density at radius 3 is 2.64 bits per heavy atom. The maximum absolute atomic E-state index is 12.8. The highest BCUT2D eigenvalue weighted by Gasteiger charge is 2.34. The number of amides is 2. The van der Waals surface area contributed by atoms with Gasteiger partial charge in [-0.25, -0.2) is 9.18 Å². The lowest BCUT2D eigenvalue weighted by Gasteiger charge is -2.35. The van der Waals surface area contributed by atoms with E-state index in [2.05, 4.69) is 0 Å². The number of nitrogens with two attached hydrogens (primary N) is 1. The third-order valence-electron chi connectivity index (χ3n) is 3.96. The predicted molar refractivity (Wildman–Crippen MR) is 76.9 cm³/mol. The first-order chi connectivity index (χ1) is 10.5. The molecule has 1 aromatic rings. The van der Waals surface area contributed by atoms with Gasteiger partial charge in [0.1, 0.15) is 11.6 Å². The van der Waals surface area contributed by atoms with Crippen molar-refractivity contribution >= 4 is 12.0 Å². The minimum Gasteiger partial charge on any atom is -0.494 e. The van der Waals surface area contributed by atoms with E-state index in [9.17, 15) is 14.0 Å². The van der Waals surface area contributed by atoms with Gasteiger partial charge in [-0.1, -0.05) is 0 Å². The summed E-state index contributed by atoms with van der Waals surface area (Å²) in [5.74, 6) is -0.768. The van der Waals surface area contributed by atoms with Crippen molar-refractivity contribution in [1.29, 1.82) is 0 Å². The molecule has 1 aromatic carbocycles. The van der Waals surface area contributed by atoms with Gasteiger partial charge in [-0.05, 0) is 43.0 Å². The highest BCUT2D eigenvalue weighted by atomic mass is 19.1. The average molecular weight is 310 g/mol. The van der Waals surface area contributed by atoms with Crippen LogP contribution in [-0.2, 0) is 4.79 Å². The van der Waals surface area contributed by atoms with E-state index in [0.29, 0.717) is 31.7 Å². The molecule has 2 unspecified atom stereocenters. The van der Waals surface area contributed by atoms with Gasteiger partial charge in [0, 0.05) is 13.1 Å². The molecule has 0 aliphatic carbocycles. The number of primary amides is 1. The number of benzene rings is 1. The van der Waals surface area contributed by atoms with Gasteiger partial charge in [0.05, 0.1) is 12.5 Å². The number of piperidine rings is 1. The lowest BCUT2D eigenvalue weighted by atomic mass is 9.83. The maximum atomic E-state index is 12.8. The van der Waals surface area contributed by atoms with Crippen molar-refractivity contribution in [3.05, 3.63) is 30.1 Å². The molecule has 3 N–H and O–H groups in total. The maximum Gasteiger partial charge on any atom is 0.407 e. The van der Waals surface area contributed by atoms with Crippen molar-refractivity contribution in [2.45, 2.75) is 12.8 Å². The number of carbonyl (C=O) groups is 2. The molecule has 120 valence electrons. The van der Waals surface area contributed by atoms with E-state index in [1.807, 2.05) is 0 Å².